The lowest BCUT2D eigenvalue weighted by atomic mass is 9.95. The topological polar surface area (TPSA) is 157 Å². The van der Waals surface area contributed by atoms with Crippen LogP contribution in [0.2, 0.25) is 0 Å². The summed E-state index contributed by atoms with van der Waals surface area (Å²) >= 11 is 0. The van der Waals surface area contributed by atoms with E-state index in [0.29, 0.717) is 17.1 Å². The number of methoxy groups -OCH3 is 3. The largest absolute Gasteiger partial charge is 0.493 e. The number of nitrogens with one attached hydrogen (secondary N) is 1. The zero-order chi connectivity index (χ0) is 28.8. The molecule has 2 saturated heterocycles. The number of amides is 1. The van der Waals surface area contributed by atoms with Gasteiger partial charge in [0.25, 0.3) is 0 Å². The van der Waals surface area contributed by atoms with E-state index in [1.54, 1.807) is 36.4 Å². The number of hydrogen-bond acceptors (Lipinski definition) is 11. The molecule has 2 aliphatic heterocycles. The number of carboxylic acid groups (broad SMARTS) is 1. The van der Waals surface area contributed by atoms with Gasteiger partial charge in [-0.05, 0) is 24.3 Å². The molecule has 2 aliphatic rings. The Morgan fingerprint density at radius 3 is 2.42 bits per heavy atom. The van der Waals surface area contributed by atoms with Crippen molar-refractivity contribution >= 4 is 17.8 Å². The van der Waals surface area contributed by atoms with Gasteiger partial charge in [0, 0.05) is 12.5 Å². The summed E-state index contributed by atoms with van der Waals surface area (Å²) in [6, 6.07) is 10.4. The number of para-hydroxylation sites is 1. The average molecular weight is 562 g/mol. The molecule has 0 spiro atoms. The number of esters is 1. The molecule has 40 heavy (non-hydrogen) atoms. The highest BCUT2D eigenvalue weighted by molar-refractivity contribution is 5.92. The van der Waals surface area contributed by atoms with Crippen molar-refractivity contribution in [3.05, 3.63) is 53.6 Å². The van der Waals surface area contributed by atoms with E-state index in [-0.39, 0.29) is 17.9 Å². The molecule has 0 bridgehead atoms. The molecule has 4 rings (SSSR count). The SMILES string of the molecule is COC(=O)c1ccccc1OC1OC2COC(c3ccc(OC)c(OC)c3)OC2C(OCC(=O)O)C1NC(C)=O. The van der Waals surface area contributed by atoms with E-state index < -0.39 is 61.4 Å². The number of fused-ring (bicyclic) bond motifs is 1. The van der Waals surface area contributed by atoms with E-state index in [9.17, 15) is 19.5 Å². The maximum atomic E-state index is 12.3. The number of ether oxygens (including phenoxy) is 8. The summed E-state index contributed by atoms with van der Waals surface area (Å²) < 4.78 is 45.7. The predicted molar refractivity (Wildman–Crippen MR) is 135 cm³/mol. The van der Waals surface area contributed by atoms with Crippen LogP contribution in [0.1, 0.15) is 29.1 Å². The summed E-state index contributed by atoms with van der Waals surface area (Å²) in [5.74, 6) is -1.20. The fourth-order valence-electron chi connectivity index (χ4n) is 4.57. The second kappa shape index (κ2) is 13.0. The number of benzene rings is 2. The van der Waals surface area contributed by atoms with Crippen LogP contribution in [-0.4, -0.2) is 88.1 Å². The van der Waals surface area contributed by atoms with Crippen LogP contribution in [0.5, 0.6) is 17.2 Å². The first-order valence-corrected chi connectivity index (χ1v) is 12.3. The van der Waals surface area contributed by atoms with Crippen LogP contribution in [0.3, 0.4) is 0 Å². The molecule has 0 saturated carbocycles. The first kappa shape index (κ1) is 29.1. The molecule has 2 aromatic rings. The van der Waals surface area contributed by atoms with Gasteiger partial charge in [-0.15, -0.1) is 0 Å². The standard InChI is InChI=1S/C27H31NO12/c1-14(29)28-22-24(36-13-21(30)31)23-20(39-27(22)38-17-8-6-5-7-16(17)25(32)35-4)12-37-26(40-23)15-9-10-18(33-2)19(11-15)34-3/h5-11,20,22-24,26-27H,12-13H2,1-4H3,(H,28,29)(H,30,31). The van der Waals surface area contributed by atoms with E-state index in [1.165, 1.54) is 34.3 Å². The molecule has 1 amide bonds. The molecule has 2 fully saturated rings. The lowest BCUT2D eigenvalue weighted by Gasteiger charge is -2.49. The normalized spacial score (nSPS) is 25.7. The Labute approximate surface area is 230 Å². The van der Waals surface area contributed by atoms with Crippen LogP contribution in [0.25, 0.3) is 0 Å². The van der Waals surface area contributed by atoms with Crippen molar-refractivity contribution in [2.45, 2.75) is 43.9 Å². The molecule has 6 unspecified atom stereocenters. The molecular weight excluding hydrogens is 530 g/mol. The molecule has 13 heteroatoms. The zero-order valence-electron chi connectivity index (χ0n) is 22.4. The van der Waals surface area contributed by atoms with Crippen molar-refractivity contribution in [1.29, 1.82) is 0 Å². The summed E-state index contributed by atoms with van der Waals surface area (Å²) in [5, 5.41) is 12.1. The highest BCUT2D eigenvalue weighted by Gasteiger charge is 2.52. The third-order valence-electron chi connectivity index (χ3n) is 6.32. The minimum absolute atomic E-state index is 0.0158. The Bertz CT molecular complexity index is 1220. The van der Waals surface area contributed by atoms with Gasteiger partial charge >= 0.3 is 11.9 Å². The summed E-state index contributed by atoms with van der Waals surface area (Å²) in [5.41, 5.74) is 0.736. The predicted octanol–water partition coefficient (Wildman–Crippen LogP) is 1.68. The number of rotatable bonds is 10. The lowest BCUT2D eigenvalue weighted by Crippen LogP contribution is -2.68. The quantitative estimate of drug-likeness (QED) is 0.405. The fourth-order valence-corrected chi connectivity index (χ4v) is 4.57. The van der Waals surface area contributed by atoms with Crippen molar-refractivity contribution in [3.8, 4) is 17.2 Å². The van der Waals surface area contributed by atoms with Crippen molar-refractivity contribution in [1.82, 2.24) is 5.32 Å². The maximum Gasteiger partial charge on any atom is 0.341 e. The Hall–Kier alpha value is -3.91. The van der Waals surface area contributed by atoms with Crippen LogP contribution >= 0.6 is 0 Å². The number of aliphatic carboxylic acids is 1. The molecule has 0 radical (unpaired) electrons. The van der Waals surface area contributed by atoms with Crippen LogP contribution in [0.15, 0.2) is 42.5 Å². The van der Waals surface area contributed by atoms with Gasteiger partial charge in [-0.3, -0.25) is 4.79 Å². The van der Waals surface area contributed by atoms with Crippen molar-refractivity contribution in [3.63, 3.8) is 0 Å². The van der Waals surface area contributed by atoms with Gasteiger partial charge in [-0.1, -0.05) is 18.2 Å². The van der Waals surface area contributed by atoms with E-state index in [4.69, 9.17) is 37.9 Å². The van der Waals surface area contributed by atoms with Gasteiger partial charge < -0.3 is 48.3 Å². The van der Waals surface area contributed by atoms with Gasteiger partial charge in [-0.2, -0.15) is 0 Å². The fraction of sp³-hybridized carbons (Fsp3) is 0.444. The van der Waals surface area contributed by atoms with Gasteiger partial charge in [0.2, 0.25) is 12.2 Å². The molecule has 216 valence electrons. The van der Waals surface area contributed by atoms with Crippen molar-refractivity contribution < 1.29 is 57.4 Å². The van der Waals surface area contributed by atoms with Crippen molar-refractivity contribution in [2.75, 3.05) is 34.5 Å². The molecular formula is C27H31NO12. The van der Waals surface area contributed by atoms with Gasteiger partial charge in [-0.25, -0.2) is 9.59 Å². The van der Waals surface area contributed by atoms with Gasteiger partial charge in [0.15, 0.2) is 17.8 Å². The molecule has 0 aromatic heterocycles. The van der Waals surface area contributed by atoms with Crippen LogP contribution in [-0.2, 0) is 33.3 Å². The van der Waals surface area contributed by atoms with Crippen LogP contribution in [0.4, 0.5) is 0 Å². The summed E-state index contributed by atoms with van der Waals surface area (Å²) in [6.45, 7) is 0.625. The Morgan fingerprint density at radius 2 is 1.75 bits per heavy atom. The van der Waals surface area contributed by atoms with E-state index in [1.807, 2.05) is 0 Å². The Balaban J connectivity index is 1.65. The summed E-state index contributed by atoms with van der Waals surface area (Å²) in [6.07, 6.45) is -4.80. The highest BCUT2D eigenvalue weighted by atomic mass is 16.8. The number of carbonyl (C=O) groups is 3. The van der Waals surface area contributed by atoms with Crippen molar-refractivity contribution in [2.24, 2.45) is 0 Å². The monoisotopic (exact) mass is 561 g/mol. The smallest absolute Gasteiger partial charge is 0.341 e. The zero-order valence-corrected chi connectivity index (χ0v) is 22.4. The number of carbonyl (C=O) groups excluding carboxylic acids is 2. The Morgan fingerprint density at radius 1 is 1.00 bits per heavy atom. The highest BCUT2D eigenvalue weighted by Crippen LogP contribution is 2.38. The third-order valence-corrected chi connectivity index (χ3v) is 6.32. The average Bonchev–Trinajstić information content (AvgIpc) is 2.95. The first-order valence-electron chi connectivity index (χ1n) is 12.3. The molecule has 2 heterocycles. The summed E-state index contributed by atoms with van der Waals surface area (Å²) in [7, 11) is 4.26. The maximum absolute atomic E-state index is 12.3. The molecule has 6 atom stereocenters. The van der Waals surface area contributed by atoms with Crippen LogP contribution in [0, 0.1) is 0 Å². The second-order valence-corrected chi connectivity index (χ2v) is 8.92. The minimum atomic E-state index is -1.22. The first-order chi connectivity index (χ1) is 19.2. The Kier molecular flexibility index (Phi) is 9.42. The summed E-state index contributed by atoms with van der Waals surface area (Å²) in [4.78, 5) is 36.0. The third kappa shape index (κ3) is 6.45. The molecule has 2 aromatic carbocycles. The molecule has 2 N–H and O–H groups in total. The second-order valence-electron chi connectivity index (χ2n) is 8.92. The minimum Gasteiger partial charge on any atom is -0.493 e. The number of carboxylic acids is 1. The lowest BCUT2D eigenvalue weighted by molar-refractivity contribution is -0.337. The van der Waals surface area contributed by atoms with E-state index in [2.05, 4.69) is 5.32 Å². The number of hydrogen-bond donors (Lipinski definition) is 2. The van der Waals surface area contributed by atoms with Gasteiger partial charge in [0.05, 0.1) is 27.9 Å². The molecule has 0 aliphatic carbocycles. The molecule has 13 nitrogen and oxygen atoms in total. The van der Waals surface area contributed by atoms with E-state index in [0.717, 1.165) is 0 Å². The van der Waals surface area contributed by atoms with Gasteiger partial charge in [0.1, 0.15) is 42.3 Å². The van der Waals surface area contributed by atoms with E-state index >= 15 is 0 Å². The van der Waals surface area contributed by atoms with Crippen LogP contribution < -0.4 is 19.5 Å².